The van der Waals surface area contributed by atoms with E-state index >= 15 is 0 Å². The molecule has 2 aromatic heterocycles. The van der Waals surface area contributed by atoms with Crippen molar-refractivity contribution in [2.75, 3.05) is 0 Å². The smallest absolute Gasteiger partial charge is 0.116 e. The highest BCUT2D eigenvalue weighted by molar-refractivity contribution is 7.12. The van der Waals surface area contributed by atoms with Gasteiger partial charge in [-0.1, -0.05) is 6.07 Å². The van der Waals surface area contributed by atoms with Crippen molar-refractivity contribution in [3.63, 3.8) is 0 Å². The fraction of sp³-hybridized carbons (Fsp3) is 0.500. The van der Waals surface area contributed by atoms with Gasteiger partial charge in [-0.2, -0.15) is 0 Å². The molecule has 0 spiro atoms. The SMILES string of the molecule is CC(C)NC(c1cccs1)c1nc2c(s1)CCC2. The highest BCUT2D eigenvalue weighted by atomic mass is 32.1. The van der Waals surface area contributed by atoms with Crippen LogP contribution >= 0.6 is 22.7 Å². The normalized spacial score (nSPS) is 16.2. The third-order valence-corrected chi connectivity index (χ3v) is 5.35. The maximum Gasteiger partial charge on any atom is 0.116 e. The zero-order valence-electron chi connectivity index (χ0n) is 10.8. The Kier molecular flexibility index (Phi) is 3.50. The summed E-state index contributed by atoms with van der Waals surface area (Å²) in [4.78, 5) is 7.75. The Labute approximate surface area is 116 Å². The summed E-state index contributed by atoms with van der Waals surface area (Å²) in [7, 11) is 0. The van der Waals surface area contributed by atoms with Gasteiger partial charge in [0, 0.05) is 15.8 Å². The molecular formula is C14H18N2S2. The monoisotopic (exact) mass is 278 g/mol. The molecule has 2 heterocycles. The number of thiazole rings is 1. The molecule has 3 rings (SSSR count). The third-order valence-electron chi connectivity index (χ3n) is 3.19. The third kappa shape index (κ3) is 2.37. The molecule has 0 saturated heterocycles. The van der Waals surface area contributed by atoms with Crippen LogP contribution in [-0.4, -0.2) is 11.0 Å². The maximum atomic E-state index is 4.86. The molecule has 4 heteroatoms. The predicted molar refractivity (Wildman–Crippen MR) is 78.6 cm³/mol. The van der Waals surface area contributed by atoms with Gasteiger partial charge in [-0.3, -0.25) is 0 Å². The van der Waals surface area contributed by atoms with Crippen molar-refractivity contribution in [2.24, 2.45) is 0 Å². The molecule has 0 bridgehead atoms. The molecule has 0 aliphatic heterocycles. The lowest BCUT2D eigenvalue weighted by Gasteiger charge is -2.18. The van der Waals surface area contributed by atoms with Gasteiger partial charge in [0.25, 0.3) is 0 Å². The van der Waals surface area contributed by atoms with Gasteiger partial charge in [0.1, 0.15) is 5.01 Å². The summed E-state index contributed by atoms with van der Waals surface area (Å²) >= 11 is 3.72. The van der Waals surface area contributed by atoms with E-state index in [4.69, 9.17) is 4.98 Å². The van der Waals surface area contributed by atoms with Crippen molar-refractivity contribution in [1.29, 1.82) is 0 Å². The topological polar surface area (TPSA) is 24.9 Å². The lowest BCUT2D eigenvalue weighted by molar-refractivity contribution is 0.531. The molecular weight excluding hydrogens is 260 g/mol. The van der Waals surface area contributed by atoms with Crippen LogP contribution in [0.15, 0.2) is 17.5 Å². The summed E-state index contributed by atoms with van der Waals surface area (Å²) in [6.07, 6.45) is 3.69. The highest BCUT2D eigenvalue weighted by Gasteiger charge is 2.24. The fourth-order valence-electron chi connectivity index (χ4n) is 2.40. The molecule has 96 valence electrons. The number of thiophene rings is 1. The minimum atomic E-state index is 0.278. The number of aromatic nitrogens is 1. The zero-order valence-corrected chi connectivity index (χ0v) is 12.4. The lowest BCUT2D eigenvalue weighted by atomic mass is 10.2. The van der Waals surface area contributed by atoms with Gasteiger partial charge in [0.05, 0.1) is 11.7 Å². The first-order chi connectivity index (χ1) is 8.74. The first-order valence-corrected chi connectivity index (χ1v) is 8.21. The largest absolute Gasteiger partial charge is 0.301 e. The summed E-state index contributed by atoms with van der Waals surface area (Å²) in [6, 6.07) is 5.07. The minimum absolute atomic E-state index is 0.278. The molecule has 2 nitrogen and oxygen atoms in total. The Bertz CT molecular complexity index is 492. The molecule has 0 saturated carbocycles. The zero-order chi connectivity index (χ0) is 12.5. The number of rotatable bonds is 4. The second-order valence-electron chi connectivity index (χ2n) is 5.05. The van der Waals surface area contributed by atoms with E-state index in [1.165, 1.54) is 39.7 Å². The van der Waals surface area contributed by atoms with E-state index in [0.717, 1.165) is 0 Å². The van der Waals surface area contributed by atoms with Crippen molar-refractivity contribution < 1.29 is 0 Å². The van der Waals surface area contributed by atoms with Crippen molar-refractivity contribution in [3.05, 3.63) is 38.0 Å². The molecule has 0 fully saturated rings. The first kappa shape index (κ1) is 12.3. The molecule has 1 unspecified atom stereocenters. The van der Waals surface area contributed by atoms with Gasteiger partial charge in [0.2, 0.25) is 0 Å². The summed E-state index contributed by atoms with van der Waals surface area (Å²) in [6.45, 7) is 4.39. The summed E-state index contributed by atoms with van der Waals surface area (Å²) in [5.74, 6) is 0. The molecule has 18 heavy (non-hydrogen) atoms. The molecule has 0 amide bonds. The number of fused-ring (bicyclic) bond motifs is 1. The minimum Gasteiger partial charge on any atom is -0.301 e. The number of aryl methyl sites for hydroxylation is 2. The van der Waals surface area contributed by atoms with Crippen LogP contribution < -0.4 is 5.32 Å². The van der Waals surface area contributed by atoms with Crippen LogP contribution in [0, 0.1) is 0 Å². The Morgan fingerprint density at radius 3 is 2.89 bits per heavy atom. The number of nitrogens with zero attached hydrogens (tertiary/aromatic N) is 1. The van der Waals surface area contributed by atoms with Crippen molar-refractivity contribution in [2.45, 2.75) is 45.2 Å². The quantitative estimate of drug-likeness (QED) is 0.920. The summed E-state index contributed by atoms with van der Waals surface area (Å²) in [5, 5.41) is 7.04. The second kappa shape index (κ2) is 5.11. The van der Waals surface area contributed by atoms with Gasteiger partial charge in [-0.25, -0.2) is 4.98 Å². The van der Waals surface area contributed by atoms with Crippen LogP contribution in [0.5, 0.6) is 0 Å². The van der Waals surface area contributed by atoms with E-state index in [9.17, 15) is 0 Å². The van der Waals surface area contributed by atoms with Crippen molar-refractivity contribution in [1.82, 2.24) is 10.3 Å². The van der Waals surface area contributed by atoms with Crippen molar-refractivity contribution in [3.8, 4) is 0 Å². The predicted octanol–water partition coefficient (Wildman–Crippen LogP) is 3.78. The van der Waals surface area contributed by atoms with Crippen LogP contribution in [0.25, 0.3) is 0 Å². The average Bonchev–Trinajstić information content (AvgIpc) is 3.01. The molecule has 0 radical (unpaired) electrons. The number of hydrogen-bond donors (Lipinski definition) is 1. The van der Waals surface area contributed by atoms with Gasteiger partial charge in [-0.05, 0) is 44.6 Å². The van der Waals surface area contributed by atoms with Gasteiger partial charge >= 0.3 is 0 Å². The van der Waals surface area contributed by atoms with Crippen LogP contribution in [0.1, 0.15) is 46.8 Å². The first-order valence-electron chi connectivity index (χ1n) is 6.52. The molecule has 0 aromatic carbocycles. The maximum absolute atomic E-state index is 4.86. The molecule has 1 N–H and O–H groups in total. The van der Waals surface area contributed by atoms with Crippen molar-refractivity contribution >= 4 is 22.7 Å². The van der Waals surface area contributed by atoms with E-state index in [-0.39, 0.29) is 6.04 Å². The van der Waals surface area contributed by atoms with Gasteiger partial charge in [-0.15, -0.1) is 22.7 Å². The van der Waals surface area contributed by atoms with Gasteiger partial charge in [0.15, 0.2) is 0 Å². The molecule has 2 aromatic rings. The molecule has 1 aliphatic carbocycles. The van der Waals surface area contributed by atoms with E-state index in [1.54, 1.807) is 0 Å². The Morgan fingerprint density at radius 1 is 1.33 bits per heavy atom. The van der Waals surface area contributed by atoms with E-state index < -0.39 is 0 Å². The van der Waals surface area contributed by atoms with E-state index in [0.29, 0.717) is 6.04 Å². The summed E-state index contributed by atoms with van der Waals surface area (Å²) in [5.41, 5.74) is 1.35. The summed E-state index contributed by atoms with van der Waals surface area (Å²) < 4.78 is 0. The van der Waals surface area contributed by atoms with Crippen LogP contribution in [0.3, 0.4) is 0 Å². The van der Waals surface area contributed by atoms with Crippen LogP contribution in [0.4, 0.5) is 0 Å². The fourth-order valence-corrected chi connectivity index (χ4v) is 4.49. The number of nitrogens with one attached hydrogen (secondary N) is 1. The van der Waals surface area contributed by atoms with Crippen LogP contribution in [-0.2, 0) is 12.8 Å². The van der Waals surface area contributed by atoms with E-state index in [1.807, 2.05) is 22.7 Å². The Balaban J connectivity index is 1.92. The van der Waals surface area contributed by atoms with E-state index in [2.05, 4.69) is 36.7 Å². The highest BCUT2D eigenvalue weighted by Crippen LogP contribution is 2.34. The molecule has 1 aliphatic rings. The van der Waals surface area contributed by atoms with Crippen LogP contribution in [0.2, 0.25) is 0 Å². The van der Waals surface area contributed by atoms with Gasteiger partial charge < -0.3 is 5.32 Å². The standard InChI is InChI=1S/C14H18N2S2/c1-9(2)15-13(12-7-4-8-17-12)14-16-10-5-3-6-11(10)18-14/h4,7-9,13,15H,3,5-6H2,1-2H3. The Morgan fingerprint density at radius 2 is 2.22 bits per heavy atom. The lowest BCUT2D eigenvalue weighted by Crippen LogP contribution is -2.28. The average molecular weight is 278 g/mol. The molecule has 1 atom stereocenters. The Hall–Kier alpha value is -0.710. The second-order valence-corrected chi connectivity index (χ2v) is 7.14. The number of hydrogen-bond acceptors (Lipinski definition) is 4.